The topological polar surface area (TPSA) is 24.4 Å². The summed E-state index contributed by atoms with van der Waals surface area (Å²) >= 11 is 0. The lowest BCUT2D eigenvalue weighted by Crippen LogP contribution is -2.15. The zero-order valence-corrected chi connectivity index (χ0v) is 15.4. The summed E-state index contributed by atoms with van der Waals surface area (Å²) < 4.78 is 0. The maximum absolute atomic E-state index is 4.82. The van der Waals surface area contributed by atoms with Crippen molar-refractivity contribution in [3.8, 4) is 0 Å². The molecule has 0 aromatic heterocycles. The van der Waals surface area contributed by atoms with Gasteiger partial charge in [0.25, 0.3) is 0 Å². The van der Waals surface area contributed by atoms with E-state index in [2.05, 4.69) is 50.7 Å². The Labute approximate surface area is 150 Å². The highest BCUT2D eigenvalue weighted by atomic mass is 14.9. The van der Waals surface area contributed by atoms with E-state index in [0.717, 1.165) is 56.0 Å². The van der Waals surface area contributed by atoms with Crippen LogP contribution in [-0.4, -0.2) is 12.3 Å². The van der Waals surface area contributed by atoms with Crippen LogP contribution in [0.1, 0.15) is 19.4 Å². The van der Waals surface area contributed by atoms with Crippen LogP contribution in [0.2, 0.25) is 0 Å². The van der Waals surface area contributed by atoms with Crippen molar-refractivity contribution in [1.29, 1.82) is 0 Å². The molecule has 0 bridgehead atoms. The molecule has 2 aromatic carbocycles. The molecular formula is C23H26N2. The van der Waals surface area contributed by atoms with Crippen LogP contribution in [0.15, 0.2) is 65.8 Å². The highest BCUT2D eigenvalue weighted by molar-refractivity contribution is 6.11. The van der Waals surface area contributed by atoms with Gasteiger partial charge >= 0.3 is 0 Å². The summed E-state index contributed by atoms with van der Waals surface area (Å²) in [4.78, 5) is 4.82. The van der Waals surface area contributed by atoms with Gasteiger partial charge in [0.05, 0.1) is 11.4 Å². The van der Waals surface area contributed by atoms with E-state index in [1.807, 2.05) is 32.1 Å². The minimum atomic E-state index is 0.736. The Morgan fingerprint density at radius 2 is 1.76 bits per heavy atom. The monoisotopic (exact) mass is 330 g/mol. The predicted octanol–water partition coefficient (Wildman–Crippen LogP) is 4.30. The van der Waals surface area contributed by atoms with Crippen LogP contribution in [0.5, 0.6) is 0 Å². The number of aliphatic imine (C=N–C) groups is 1. The molecule has 1 N–H and O–H groups in total. The smallest absolute Gasteiger partial charge is 0.0744 e. The molecule has 0 fully saturated rings. The van der Waals surface area contributed by atoms with Crippen LogP contribution in [-0.2, 0) is 0 Å². The SMILES string of the molecule is C=CC(=Nc1c(C)c(=C)c2ccccc2c1=C)C(=C)/C=C(\C)NCC. The van der Waals surface area contributed by atoms with E-state index in [-0.39, 0.29) is 0 Å². The Kier molecular flexibility index (Phi) is 5.76. The average Bonchev–Trinajstić information content (AvgIpc) is 2.60. The molecule has 0 saturated heterocycles. The van der Waals surface area contributed by atoms with E-state index in [9.17, 15) is 0 Å². The molecule has 25 heavy (non-hydrogen) atoms. The van der Waals surface area contributed by atoms with Crippen LogP contribution in [0.4, 0.5) is 5.69 Å². The lowest BCUT2D eigenvalue weighted by molar-refractivity contribution is 0.854. The fourth-order valence-corrected chi connectivity index (χ4v) is 2.89. The first kappa shape index (κ1) is 18.5. The number of rotatable bonds is 6. The first-order valence-corrected chi connectivity index (χ1v) is 8.42. The maximum Gasteiger partial charge on any atom is 0.0744 e. The predicted molar refractivity (Wildman–Crippen MR) is 113 cm³/mol. The number of nitrogens with zero attached hydrogens (tertiary/aromatic N) is 1. The van der Waals surface area contributed by atoms with Gasteiger partial charge in [-0.15, -0.1) is 0 Å². The van der Waals surface area contributed by atoms with Gasteiger partial charge < -0.3 is 5.32 Å². The van der Waals surface area contributed by atoms with Crippen molar-refractivity contribution in [2.45, 2.75) is 20.8 Å². The van der Waals surface area contributed by atoms with Gasteiger partial charge in [-0.1, -0.05) is 50.6 Å². The first-order valence-electron chi connectivity index (χ1n) is 8.42. The first-order chi connectivity index (χ1) is 11.9. The number of nitrogens with one attached hydrogen (secondary N) is 1. The van der Waals surface area contributed by atoms with Gasteiger partial charge in [0.1, 0.15) is 0 Å². The molecule has 0 aliphatic carbocycles. The van der Waals surface area contributed by atoms with Gasteiger partial charge in [-0.2, -0.15) is 0 Å². The largest absolute Gasteiger partial charge is 0.389 e. The molecule has 2 heteroatoms. The molecule has 0 amide bonds. The number of fused-ring (bicyclic) bond motifs is 1. The summed E-state index contributed by atoms with van der Waals surface area (Å²) in [6.45, 7) is 23.5. The summed E-state index contributed by atoms with van der Waals surface area (Å²) in [5.41, 5.74) is 4.47. The van der Waals surface area contributed by atoms with Crippen LogP contribution in [0, 0.1) is 6.92 Å². The standard InChI is InChI=1S/C23H26N2/c1-8-22(15(3)14-16(4)24-9-2)25-23-18(6)17(5)20-12-10-11-13-21(20)19(23)7/h8,10-14,24H,1,3,5,7,9H2,2,4,6H3/b16-14+,25-22?. The second kappa shape index (κ2) is 7.80. The van der Waals surface area contributed by atoms with Crippen molar-refractivity contribution in [3.05, 3.63) is 76.8 Å². The van der Waals surface area contributed by atoms with E-state index < -0.39 is 0 Å². The molecule has 2 nitrogen and oxygen atoms in total. The van der Waals surface area contributed by atoms with E-state index in [4.69, 9.17) is 4.99 Å². The Morgan fingerprint density at radius 3 is 2.32 bits per heavy atom. The minimum Gasteiger partial charge on any atom is -0.389 e. The fraction of sp³-hybridized carbons (Fsp3) is 0.174. The van der Waals surface area contributed by atoms with E-state index in [0.29, 0.717) is 0 Å². The van der Waals surface area contributed by atoms with Crippen molar-refractivity contribution in [1.82, 2.24) is 5.32 Å². The van der Waals surface area contributed by atoms with Crippen molar-refractivity contribution in [2.24, 2.45) is 4.99 Å². The lowest BCUT2D eigenvalue weighted by Gasteiger charge is -2.10. The number of allylic oxidation sites excluding steroid dienone is 4. The number of benzene rings is 2. The van der Waals surface area contributed by atoms with E-state index in [1.165, 1.54) is 0 Å². The van der Waals surface area contributed by atoms with E-state index >= 15 is 0 Å². The molecule has 0 saturated carbocycles. The molecule has 0 unspecified atom stereocenters. The van der Waals surface area contributed by atoms with Crippen LogP contribution in [0.3, 0.4) is 0 Å². The Balaban J connectivity index is 2.65. The molecule has 0 spiro atoms. The average molecular weight is 330 g/mol. The quantitative estimate of drug-likeness (QED) is 0.620. The highest BCUT2D eigenvalue weighted by Gasteiger charge is 2.08. The Morgan fingerprint density at radius 1 is 1.16 bits per heavy atom. The van der Waals surface area contributed by atoms with Gasteiger partial charge in [-0.05, 0) is 60.1 Å². The number of hydrogen-bond acceptors (Lipinski definition) is 2. The molecule has 0 radical (unpaired) electrons. The molecule has 0 atom stereocenters. The third-order valence-electron chi connectivity index (χ3n) is 4.27. The van der Waals surface area contributed by atoms with Gasteiger partial charge in [0.2, 0.25) is 0 Å². The Hall–Kier alpha value is -2.87. The van der Waals surface area contributed by atoms with Crippen molar-refractivity contribution >= 4 is 35.3 Å². The highest BCUT2D eigenvalue weighted by Crippen LogP contribution is 2.17. The summed E-state index contributed by atoms with van der Waals surface area (Å²) in [6.07, 6.45) is 3.71. The van der Waals surface area contributed by atoms with Crippen LogP contribution >= 0.6 is 0 Å². The summed E-state index contributed by atoms with van der Waals surface area (Å²) in [5, 5.41) is 7.34. The lowest BCUT2D eigenvalue weighted by atomic mass is 10.0. The van der Waals surface area contributed by atoms with Crippen molar-refractivity contribution in [3.63, 3.8) is 0 Å². The summed E-state index contributed by atoms with van der Waals surface area (Å²) in [5.74, 6) is 0. The zero-order valence-electron chi connectivity index (χ0n) is 15.4. The van der Waals surface area contributed by atoms with Gasteiger partial charge in [-0.25, -0.2) is 4.99 Å². The van der Waals surface area contributed by atoms with Crippen LogP contribution in [0.25, 0.3) is 23.9 Å². The second-order valence-electron chi connectivity index (χ2n) is 6.06. The molecule has 2 aromatic rings. The maximum atomic E-state index is 4.82. The molecule has 2 rings (SSSR count). The second-order valence-corrected chi connectivity index (χ2v) is 6.06. The summed E-state index contributed by atoms with van der Waals surface area (Å²) in [6, 6.07) is 8.16. The van der Waals surface area contributed by atoms with Crippen molar-refractivity contribution < 1.29 is 0 Å². The van der Waals surface area contributed by atoms with E-state index in [1.54, 1.807) is 6.08 Å². The third kappa shape index (κ3) is 3.80. The third-order valence-corrected chi connectivity index (χ3v) is 4.27. The van der Waals surface area contributed by atoms with Crippen LogP contribution < -0.4 is 15.8 Å². The normalized spacial score (nSPS) is 12.3. The fourth-order valence-electron chi connectivity index (χ4n) is 2.89. The minimum absolute atomic E-state index is 0.736. The molecule has 0 aliphatic rings. The zero-order chi connectivity index (χ0) is 18.6. The van der Waals surface area contributed by atoms with Gasteiger partial charge in [-0.3, -0.25) is 0 Å². The molecule has 0 aliphatic heterocycles. The molecule has 128 valence electrons. The number of hydrogen-bond donors (Lipinski definition) is 1. The Bertz CT molecular complexity index is 991. The van der Waals surface area contributed by atoms with Gasteiger partial charge in [0, 0.05) is 17.5 Å². The van der Waals surface area contributed by atoms with Crippen molar-refractivity contribution in [2.75, 3.05) is 6.54 Å². The molecule has 0 heterocycles. The molecular weight excluding hydrogens is 304 g/mol. The summed E-state index contributed by atoms with van der Waals surface area (Å²) in [7, 11) is 0. The van der Waals surface area contributed by atoms with Gasteiger partial charge in [0.15, 0.2) is 0 Å².